The Bertz CT molecular complexity index is 855. The van der Waals surface area contributed by atoms with E-state index in [0.29, 0.717) is 9.23 Å². The van der Waals surface area contributed by atoms with Gasteiger partial charge in [-0.2, -0.15) is 0 Å². The molecule has 2 aromatic carbocycles. The van der Waals surface area contributed by atoms with Crippen LogP contribution in [0.1, 0.15) is 25.0 Å². The number of thiocarbonyl (C=S) groups is 1. The van der Waals surface area contributed by atoms with E-state index in [0.717, 1.165) is 29.9 Å². The van der Waals surface area contributed by atoms with E-state index in [-0.39, 0.29) is 5.91 Å². The molecular formula is C21H22N2OS2. The molecule has 0 atom stereocenters. The van der Waals surface area contributed by atoms with Crippen LogP contribution in [0.5, 0.6) is 0 Å². The van der Waals surface area contributed by atoms with E-state index < -0.39 is 0 Å². The van der Waals surface area contributed by atoms with Gasteiger partial charge in [-0.25, -0.2) is 0 Å². The van der Waals surface area contributed by atoms with Gasteiger partial charge >= 0.3 is 0 Å². The molecule has 1 heterocycles. The minimum atomic E-state index is -0.0570. The number of hydrogen-bond acceptors (Lipinski definition) is 4. The van der Waals surface area contributed by atoms with Crippen molar-refractivity contribution in [1.29, 1.82) is 0 Å². The topological polar surface area (TPSA) is 23.6 Å². The van der Waals surface area contributed by atoms with E-state index in [1.807, 2.05) is 49.4 Å². The summed E-state index contributed by atoms with van der Waals surface area (Å²) in [5, 5.41) is 0. The molecule has 0 radical (unpaired) electrons. The fourth-order valence-corrected chi connectivity index (χ4v) is 4.28. The number of carbonyl (C=O) groups is 1. The number of rotatable bonds is 5. The third-order valence-corrected chi connectivity index (χ3v) is 5.68. The first-order chi connectivity index (χ1) is 12.5. The third kappa shape index (κ3) is 3.84. The van der Waals surface area contributed by atoms with E-state index in [2.05, 4.69) is 30.9 Å². The predicted octanol–water partition coefficient (Wildman–Crippen LogP) is 5.25. The molecule has 0 saturated carbocycles. The number of carbonyl (C=O) groups excluding carboxylic acids is 1. The van der Waals surface area contributed by atoms with Crippen molar-refractivity contribution in [3.8, 4) is 0 Å². The summed E-state index contributed by atoms with van der Waals surface area (Å²) in [5.41, 5.74) is 4.13. The van der Waals surface area contributed by atoms with E-state index in [9.17, 15) is 4.79 Å². The maximum Gasteiger partial charge on any atom is 0.270 e. The van der Waals surface area contributed by atoms with Crippen molar-refractivity contribution in [3.05, 3.63) is 64.6 Å². The molecule has 1 aliphatic rings. The molecule has 26 heavy (non-hydrogen) atoms. The molecule has 1 amide bonds. The number of benzene rings is 2. The molecule has 2 aromatic rings. The Morgan fingerprint density at radius 2 is 1.81 bits per heavy atom. The van der Waals surface area contributed by atoms with Crippen molar-refractivity contribution in [2.75, 3.05) is 22.9 Å². The standard InChI is InChI=1S/C21H22N2OS2/c1-4-22(5-2)17-11-9-16(10-12-17)14-19-20(24)23(21(25)26-19)18-8-6-7-15(3)13-18/h6-14H,4-5H2,1-3H3/b19-14+. The molecule has 134 valence electrons. The average molecular weight is 383 g/mol. The summed E-state index contributed by atoms with van der Waals surface area (Å²) in [6.07, 6.45) is 1.92. The van der Waals surface area contributed by atoms with Gasteiger partial charge in [0.1, 0.15) is 0 Å². The second-order valence-corrected chi connectivity index (χ2v) is 7.80. The minimum Gasteiger partial charge on any atom is -0.372 e. The molecule has 0 bridgehead atoms. The lowest BCUT2D eigenvalue weighted by Crippen LogP contribution is -2.27. The third-order valence-electron chi connectivity index (χ3n) is 4.37. The molecule has 1 fully saturated rings. The average Bonchev–Trinajstić information content (AvgIpc) is 2.91. The first-order valence-electron chi connectivity index (χ1n) is 8.73. The minimum absolute atomic E-state index is 0.0570. The van der Waals surface area contributed by atoms with Gasteiger partial charge in [-0.15, -0.1) is 0 Å². The van der Waals surface area contributed by atoms with Crippen molar-refractivity contribution < 1.29 is 4.79 Å². The molecule has 0 N–H and O–H groups in total. The molecule has 5 heteroatoms. The van der Waals surface area contributed by atoms with Gasteiger partial charge in [0.25, 0.3) is 5.91 Å². The number of thioether (sulfide) groups is 1. The van der Waals surface area contributed by atoms with Gasteiger partial charge in [-0.05, 0) is 62.2 Å². The lowest BCUT2D eigenvalue weighted by atomic mass is 10.1. The van der Waals surface area contributed by atoms with Crippen molar-refractivity contribution >= 4 is 51.7 Å². The summed E-state index contributed by atoms with van der Waals surface area (Å²) < 4.78 is 0.576. The smallest absolute Gasteiger partial charge is 0.270 e. The van der Waals surface area contributed by atoms with Crippen LogP contribution in [0.15, 0.2) is 53.4 Å². The zero-order valence-corrected chi connectivity index (χ0v) is 16.9. The lowest BCUT2D eigenvalue weighted by molar-refractivity contribution is -0.113. The van der Waals surface area contributed by atoms with Crippen LogP contribution in [0.2, 0.25) is 0 Å². The van der Waals surface area contributed by atoms with E-state index >= 15 is 0 Å². The zero-order chi connectivity index (χ0) is 18.7. The maximum absolute atomic E-state index is 12.8. The normalized spacial score (nSPS) is 15.8. The molecule has 0 unspecified atom stereocenters. The Balaban J connectivity index is 1.84. The van der Waals surface area contributed by atoms with Gasteiger partial charge in [-0.3, -0.25) is 9.69 Å². The highest BCUT2D eigenvalue weighted by atomic mass is 32.2. The summed E-state index contributed by atoms with van der Waals surface area (Å²) in [6.45, 7) is 8.26. The largest absolute Gasteiger partial charge is 0.372 e. The Morgan fingerprint density at radius 3 is 2.42 bits per heavy atom. The van der Waals surface area contributed by atoms with Gasteiger partial charge in [-0.1, -0.05) is 48.2 Å². The number of aryl methyl sites for hydroxylation is 1. The van der Waals surface area contributed by atoms with Crippen molar-refractivity contribution in [2.24, 2.45) is 0 Å². The second-order valence-electron chi connectivity index (χ2n) is 6.12. The Kier molecular flexibility index (Phi) is 5.79. The highest BCUT2D eigenvalue weighted by Gasteiger charge is 2.33. The molecule has 0 aromatic heterocycles. The van der Waals surface area contributed by atoms with E-state index in [1.54, 1.807) is 4.90 Å². The van der Waals surface area contributed by atoms with Gasteiger partial charge < -0.3 is 4.90 Å². The molecule has 3 nitrogen and oxygen atoms in total. The summed E-state index contributed by atoms with van der Waals surface area (Å²) in [7, 11) is 0. The predicted molar refractivity (Wildman–Crippen MR) is 117 cm³/mol. The monoisotopic (exact) mass is 382 g/mol. The first-order valence-corrected chi connectivity index (χ1v) is 9.95. The van der Waals surface area contributed by atoms with Crippen LogP contribution in [0, 0.1) is 6.92 Å². The maximum atomic E-state index is 12.8. The highest BCUT2D eigenvalue weighted by molar-refractivity contribution is 8.27. The highest BCUT2D eigenvalue weighted by Crippen LogP contribution is 2.36. The summed E-state index contributed by atoms with van der Waals surface area (Å²) >= 11 is 6.80. The van der Waals surface area contributed by atoms with Gasteiger partial charge in [0.2, 0.25) is 0 Å². The van der Waals surface area contributed by atoms with Crippen LogP contribution in [-0.4, -0.2) is 23.3 Å². The van der Waals surface area contributed by atoms with Crippen LogP contribution >= 0.6 is 24.0 Å². The summed E-state index contributed by atoms with van der Waals surface area (Å²) in [5.74, 6) is -0.0570. The Morgan fingerprint density at radius 1 is 1.12 bits per heavy atom. The molecule has 1 aliphatic heterocycles. The molecular weight excluding hydrogens is 360 g/mol. The molecule has 0 aliphatic carbocycles. The fraction of sp³-hybridized carbons (Fsp3) is 0.238. The molecule has 1 saturated heterocycles. The quantitative estimate of drug-likeness (QED) is 0.521. The van der Waals surface area contributed by atoms with E-state index in [4.69, 9.17) is 12.2 Å². The number of hydrogen-bond donors (Lipinski definition) is 0. The molecule has 0 spiro atoms. The van der Waals surface area contributed by atoms with Crippen LogP contribution in [0.4, 0.5) is 11.4 Å². The van der Waals surface area contributed by atoms with Crippen LogP contribution in [0.25, 0.3) is 6.08 Å². The Labute approximate surface area is 164 Å². The van der Waals surface area contributed by atoms with E-state index in [1.165, 1.54) is 17.4 Å². The number of anilines is 2. The van der Waals surface area contributed by atoms with Crippen molar-refractivity contribution in [2.45, 2.75) is 20.8 Å². The zero-order valence-electron chi connectivity index (χ0n) is 15.2. The van der Waals surface area contributed by atoms with Gasteiger partial charge in [0.05, 0.1) is 10.6 Å². The van der Waals surface area contributed by atoms with Crippen molar-refractivity contribution in [3.63, 3.8) is 0 Å². The van der Waals surface area contributed by atoms with Crippen LogP contribution < -0.4 is 9.80 Å². The summed E-state index contributed by atoms with van der Waals surface area (Å²) in [4.78, 5) is 17.4. The van der Waals surface area contributed by atoms with Gasteiger partial charge in [0, 0.05) is 18.8 Å². The number of amides is 1. The SMILES string of the molecule is CCN(CC)c1ccc(/C=C2/SC(=S)N(c3cccc(C)c3)C2=O)cc1. The van der Waals surface area contributed by atoms with Crippen LogP contribution in [-0.2, 0) is 4.79 Å². The van der Waals surface area contributed by atoms with Gasteiger partial charge in [0.15, 0.2) is 4.32 Å². The van der Waals surface area contributed by atoms with Crippen LogP contribution in [0.3, 0.4) is 0 Å². The summed E-state index contributed by atoms with van der Waals surface area (Å²) in [6, 6.07) is 16.1. The Hall–Kier alpha value is -2.11. The molecule has 3 rings (SSSR count). The number of nitrogens with zero attached hydrogens (tertiary/aromatic N) is 2. The second kappa shape index (κ2) is 8.06. The lowest BCUT2D eigenvalue weighted by Gasteiger charge is -2.20. The fourth-order valence-electron chi connectivity index (χ4n) is 2.98. The van der Waals surface area contributed by atoms with Crippen molar-refractivity contribution in [1.82, 2.24) is 0 Å². The first kappa shape index (κ1) is 18.7.